The summed E-state index contributed by atoms with van der Waals surface area (Å²) in [7, 11) is 0. The van der Waals surface area contributed by atoms with Crippen LogP contribution in [0.4, 0.5) is 13.2 Å². The van der Waals surface area contributed by atoms with Crippen molar-refractivity contribution in [3.8, 4) is 5.75 Å². The van der Waals surface area contributed by atoms with E-state index in [1.165, 1.54) is 6.07 Å². The van der Waals surface area contributed by atoms with E-state index >= 15 is 0 Å². The zero-order chi connectivity index (χ0) is 14.5. The fraction of sp³-hybridized carbons (Fsp3) is 0.429. The molecule has 0 amide bonds. The number of allylic oxidation sites excluding steroid dienone is 1. The van der Waals surface area contributed by atoms with Gasteiger partial charge >= 0.3 is 6.18 Å². The van der Waals surface area contributed by atoms with Gasteiger partial charge in [0.25, 0.3) is 0 Å². The van der Waals surface area contributed by atoms with Crippen molar-refractivity contribution in [2.24, 2.45) is 5.73 Å². The molecule has 0 bridgehead atoms. The average molecular weight is 273 g/mol. The molecule has 1 aromatic carbocycles. The van der Waals surface area contributed by atoms with Gasteiger partial charge in [-0.15, -0.1) is 0 Å². The van der Waals surface area contributed by atoms with E-state index in [2.05, 4.69) is 0 Å². The van der Waals surface area contributed by atoms with Crippen molar-refractivity contribution in [2.45, 2.75) is 26.4 Å². The van der Waals surface area contributed by atoms with Crippen LogP contribution in [0.1, 0.15) is 25.0 Å². The maximum absolute atomic E-state index is 12.9. The van der Waals surface area contributed by atoms with Gasteiger partial charge in [-0.25, -0.2) is 0 Å². The molecule has 2 N–H and O–H groups in total. The van der Waals surface area contributed by atoms with Crippen LogP contribution < -0.4 is 10.5 Å². The molecule has 19 heavy (non-hydrogen) atoms. The van der Waals surface area contributed by atoms with Crippen LogP contribution in [0, 0.1) is 0 Å². The van der Waals surface area contributed by atoms with Gasteiger partial charge < -0.3 is 10.5 Å². The number of hydrogen-bond donors (Lipinski definition) is 1. The molecule has 0 saturated heterocycles. The molecule has 0 heterocycles. The van der Waals surface area contributed by atoms with Crippen molar-refractivity contribution in [1.29, 1.82) is 0 Å². The third-order valence-corrected chi connectivity index (χ3v) is 2.51. The summed E-state index contributed by atoms with van der Waals surface area (Å²) in [5.41, 5.74) is 6.15. The monoisotopic (exact) mass is 273 g/mol. The molecule has 0 radical (unpaired) electrons. The van der Waals surface area contributed by atoms with Crippen LogP contribution in [0.5, 0.6) is 5.75 Å². The summed E-state index contributed by atoms with van der Waals surface area (Å²) in [6, 6.07) is 4.07. The summed E-state index contributed by atoms with van der Waals surface area (Å²) in [6.07, 6.45) is -2.28. The summed E-state index contributed by atoms with van der Waals surface area (Å²) in [6.45, 7) is 4.16. The molecule has 106 valence electrons. The van der Waals surface area contributed by atoms with Crippen LogP contribution >= 0.6 is 0 Å². The first kappa shape index (κ1) is 15.6. The molecule has 0 aliphatic rings. The van der Waals surface area contributed by atoms with E-state index < -0.39 is 11.7 Å². The standard InChI is InChI=1S/C14H18F3NO/c1-10(2)6-8-19-13-4-3-11(5-7-18)9-12(13)14(15,16)17/h3-4,6,9H,5,7-8,18H2,1-2H3. The first-order valence-corrected chi connectivity index (χ1v) is 6.01. The molecule has 0 saturated carbocycles. The van der Waals surface area contributed by atoms with Crippen molar-refractivity contribution in [3.05, 3.63) is 41.0 Å². The van der Waals surface area contributed by atoms with Gasteiger partial charge in [0.05, 0.1) is 5.56 Å². The van der Waals surface area contributed by atoms with Crippen molar-refractivity contribution in [2.75, 3.05) is 13.2 Å². The van der Waals surface area contributed by atoms with Gasteiger partial charge in [0.2, 0.25) is 0 Å². The summed E-state index contributed by atoms with van der Waals surface area (Å²) in [5, 5.41) is 0. The Morgan fingerprint density at radius 2 is 2.00 bits per heavy atom. The largest absolute Gasteiger partial charge is 0.489 e. The number of nitrogens with two attached hydrogens (primary N) is 1. The Kier molecular flexibility index (Phi) is 5.42. The Labute approximate surface area is 111 Å². The predicted molar refractivity (Wildman–Crippen MR) is 69.1 cm³/mol. The molecule has 0 aliphatic carbocycles. The zero-order valence-corrected chi connectivity index (χ0v) is 11.1. The number of rotatable bonds is 5. The minimum atomic E-state index is -4.43. The molecule has 0 fully saturated rings. The highest BCUT2D eigenvalue weighted by molar-refractivity contribution is 5.39. The Balaban J connectivity index is 2.99. The van der Waals surface area contributed by atoms with Crippen LogP contribution in [0.3, 0.4) is 0 Å². The highest BCUT2D eigenvalue weighted by atomic mass is 19.4. The van der Waals surface area contributed by atoms with E-state index in [-0.39, 0.29) is 12.4 Å². The molecular formula is C14H18F3NO. The molecule has 5 heteroatoms. The topological polar surface area (TPSA) is 35.2 Å². The van der Waals surface area contributed by atoms with E-state index in [0.29, 0.717) is 18.5 Å². The molecular weight excluding hydrogens is 255 g/mol. The number of hydrogen-bond acceptors (Lipinski definition) is 2. The van der Waals surface area contributed by atoms with Gasteiger partial charge in [-0.05, 0) is 50.6 Å². The van der Waals surface area contributed by atoms with Crippen LogP contribution in [0.25, 0.3) is 0 Å². The number of benzene rings is 1. The summed E-state index contributed by atoms with van der Waals surface area (Å²) >= 11 is 0. The smallest absolute Gasteiger partial charge is 0.419 e. The SMILES string of the molecule is CC(C)=CCOc1ccc(CCN)cc1C(F)(F)F. The van der Waals surface area contributed by atoms with Crippen molar-refractivity contribution >= 4 is 0 Å². The highest BCUT2D eigenvalue weighted by Crippen LogP contribution is 2.36. The Bertz CT molecular complexity index is 448. The predicted octanol–water partition coefficient (Wildman–Crippen LogP) is 3.55. The van der Waals surface area contributed by atoms with Gasteiger partial charge in [-0.3, -0.25) is 0 Å². The molecule has 1 rings (SSSR count). The van der Waals surface area contributed by atoms with Crippen molar-refractivity contribution in [1.82, 2.24) is 0 Å². The fourth-order valence-electron chi connectivity index (χ4n) is 1.54. The van der Waals surface area contributed by atoms with Gasteiger partial charge in [0.15, 0.2) is 0 Å². The first-order valence-electron chi connectivity index (χ1n) is 6.01. The van der Waals surface area contributed by atoms with E-state index in [9.17, 15) is 13.2 Å². The number of ether oxygens (including phenoxy) is 1. The van der Waals surface area contributed by atoms with Crippen molar-refractivity contribution < 1.29 is 17.9 Å². The van der Waals surface area contributed by atoms with E-state index in [4.69, 9.17) is 10.5 Å². The summed E-state index contributed by atoms with van der Waals surface area (Å²) < 4.78 is 44.0. The summed E-state index contributed by atoms with van der Waals surface area (Å²) in [4.78, 5) is 0. The minimum Gasteiger partial charge on any atom is -0.489 e. The van der Waals surface area contributed by atoms with Gasteiger partial charge in [-0.1, -0.05) is 11.6 Å². The summed E-state index contributed by atoms with van der Waals surface area (Å²) in [5.74, 6) is -0.147. The van der Waals surface area contributed by atoms with Crippen LogP contribution in [-0.4, -0.2) is 13.2 Å². The third kappa shape index (κ3) is 4.95. The number of alkyl halides is 3. The lowest BCUT2D eigenvalue weighted by Crippen LogP contribution is -2.11. The van der Waals surface area contributed by atoms with E-state index in [1.807, 2.05) is 13.8 Å². The van der Waals surface area contributed by atoms with Crippen molar-refractivity contribution in [3.63, 3.8) is 0 Å². The Morgan fingerprint density at radius 3 is 2.53 bits per heavy atom. The van der Waals surface area contributed by atoms with Gasteiger partial charge in [0.1, 0.15) is 12.4 Å². The lowest BCUT2D eigenvalue weighted by Gasteiger charge is -2.14. The molecule has 1 aromatic rings. The maximum atomic E-state index is 12.9. The van der Waals surface area contributed by atoms with Crippen LogP contribution in [0.15, 0.2) is 29.8 Å². The lowest BCUT2D eigenvalue weighted by molar-refractivity contribution is -0.138. The number of halogens is 3. The Morgan fingerprint density at radius 1 is 1.32 bits per heavy atom. The van der Waals surface area contributed by atoms with Gasteiger partial charge in [-0.2, -0.15) is 13.2 Å². The highest BCUT2D eigenvalue weighted by Gasteiger charge is 2.34. The molecule has 0 spiro atoms. The molecule has 0 aromatic heterocycles. The van der Waals surface area contributed by atoms with E-state index in [0.717, 1.165) is 11.6 Å². The second-order valence-corrected chi connectivity index (χ2v) is 4.46. The lowest BCUT2D eigenvalue weighted by atomic mass is 10.1. The zero-order valence-electron chi connectivity index (χ0n) is 11.1. The minimum absolute atomic E-state index is 0.127. The van der Waals surface area contributed by atoms with Crippen LogP contribution in [0.2, 0.25) is 0 Å². The average Bonchev–Trinajstić information content (AvgIpc) is 2.29. The normalized spacial score (nSPS) is 11.3. The Hall–Kier alpha value is -1.49. The molecule has 0 aliphatic heterocycles. The maximum Gasteiger partial charge on any atom is 0.419 e. The van der Waals surface area contributed by atoms with Gasteiger partial charge in [0, 0.05) is 0 Å². The van der Waals surface area contributed by atoms with E-state index in [1.54, 1.807) is 12.1 Å². The molecule has 2 nitrogen and oxygen atoms in total. The molecule has 0 unspecified atom stereocenters. The second kappa shape index (κ2) is 6.61. The second-order valence-electron chi connectivity index (χ2n) is 4.46. The van der Waals surface area contributed by atoms with Crippen LogP contribution in [-0.2, 0) is 12.6 Å². The third-order valence-electron chi connectivity index (χ3n) is 2.51. The quantitative estimate of drug-likeness (QED) is 0.833. The first-order chi connectivity index (χ1) is 8.84. The molecule has 0 atom stereocenters. The fourth-order valence-corrected chi connectivity index (χ4v) is 1.54.